The molecule has 3 N–H and O–H groups in total. The van der Waals surface area contributed by atoms with Gasteiger partial charge in [0.05, 0.1) is 12.7 Å². The van der Waals surface area contributed by atoms with Gasteiger partial charge < -0.3 is 10.5 Å². The number of nitrogens with two attached hydrogens (primary N) is 1. The minimum atomic E-state index is -0.372. The second-order valence-corrected chi connectivity index (χ2v) is 5.17. The monoisotopic (exact) mass is 260 g/mol. The highest BCUT2D eigenvalue weighted by molar-refractivity contribution is 6.01. The van der Waals surface area contributed by atoms with Crippen molar-refractivity contribution in [1.29, 1.82) is 5.41 Å². The van der Waals surface area contributed by atoms with Gasteiger partial charge in [0.1, 0.15) is 5.84 Å². The molecule has 19 heavy (non-hydrogen) atoms. The van der Waals surface area contributed by atoms with Crippen LogP contribution >= 0.6 is 0 Å². The summed E-state index contributed by atoms with van der Waals surface area (Å²) in [6, 6.07) is 1.71. The Kier molecular flexibility index (Phi) is 3.60. The van der Waals surface area contributed by atoms with Crippen molar-refractivity contribution in [1.82, 2.24) is 0 Å². The number of ether oxygens (including phenoxy) is 1. The SMILES string of the molecule is COC(=O)c1cc(C(=N)N)c(C2CCC2)c(C)c1C. The van der Waals surface area contributed by atoms with Crippen molar-refractivity contribution in [3.05, 3.63) is 33.9 Å². The Hall–Kier alpha value is -1.84. The second-order valence-electron chi connectivity index (χ2n) is 5.17. The molecule has 4 nitrogen and oxygen atoms in total. The molecule has 0 saturated heterocycles. The molecule has 0 bridgehead atoms. The Morgan fingerprint density at radius 2 is 1.95 bits per heavy atom. The number of methoxy groups -OCH3 is 1. The van der Waals surface area contributed by atoms with Crippen LogP contribution in [-0.2, 0) is 4.74 Å². The van der Waals surface area contributed by atoms with Crippen molar-refractivity contribution >= 4 is 11.8 Å². The van der Waals surface area contributed by atoms with E-state index in [4.69, 9.17) is 15.9 Å². The quantitative estimate of drug-likeness (QED) is 0.498. The van der Waals surface area contributed by atoms with Gasteiger partial charge in [-0.2, -0.15) is 0 Å². The van der Waals surface area contributed by atoms with Crippen LogP contribution in [0.25, 0.3) is 0 Å². The van der Waals surface area contributed by atoms with E-state index in [1.165, 1.54) is 13.5 Å². The molecule has 0 radical (unpaired) electrons. The molecule has 4 heteroatoms. The first-order valence-electron chi connectivity index (χ1n) is 6.54. The Bertz CT molecular complexity index is 546. The van der Waals surface area contributed by atoms with Gasteiger partial charge in [-0.1, -0.05) is 6.42 Å². The summed E-state index contributed by atoms with van der Waals surface area (Å²) in [7, 11) is 1.37. The van der Waals surface area contributed by atoms with Gasteiger partial charge in [0.15, 0.2) is 0 Å². The van der Waals surface area contributed by atoms with E-state index >= 15 is 0 Å². The predicted octanol–water partition coefficient (Wildman–Crippen LogP) is 2.64. The van der Waals surface area contributed by atoms with Crippen molar-refractivity contribution < 1.29 is 9.53 Å². The van der Waals surface area contributed by atoms with Crippen molar-refractivity contribution in [3.63, 3.8) is 0 Å². The van der Waals surface area contributed by atoms with Gasteiger partial charge in [-0.3, -0.25) is 5.41 Å². The van der Waals surface area contributed by atoms with Gasteiger partial charge in [0.25, 0.3) is 0 Å². The van der Waals surface area contributed by atoms with Crippen LogP contribution in [0, 0.1) is 19.3 Å². The maximum atomic E-state index is 11.8. The van der Waals surface area contributed by atoms with Gasteiger partial charge in [-0.15, -0.1) is 0 Å². The van der Waals surface area contributed by atoms with Crippen LogP contribution in [0.1, 0.15) is 57.8 Å². The summed E-state index contributed by atoms with van der Waals surface area (Å²) in [5.41, 5.74) is 10.0. The molecular weight excluding hydrogens is 240 g/mol. The topological polar surface area (TPSA) is 76.2 Å². The molecule has 1 fully saturated rings. The third-order valence-corrected chi connectivity index (χ3v) is 4.16. The molecule has 1 aliphatic rings. The van der Waals surface area contributed by atoms with E-state index in [2.05, 4.69) is 0 Å². The Labute approximate surface area is 113 Å². The van der Waals surface area contributed by atoms with E-state index in [0.717, 1.165) is 29.5 Å². The lowest BCUT2D eigenvalue weighted by molar-refractivity contribution is 0.0599. The highest BCUT2D eigenvalue weighted by atomic mass is 16.5. The molecule has 0 aliphatic heterocycles. The molecule has 0 spiro atoms. The molecule has 0 amide bonds. The van der Waals surface area contributed by atoms with Crippen molar-refractivity contribution in [2.75, 3.05) is 7.11 Å². The smallest absolute Gasteiger partial charge is 0.338 e. The summed E-state index contributed by atoms with van der Waals surface area (Å²) in [5.74, 6) is 0.128. The minimum absolute atomic E-state index is 0.0233. The lowest BCUT2D eigenvalue weighted by atomic mass is 9.74. The Morgan fingerprint density at radius 1 is 1.32 bits per heavy atom. The normalized spacial score (nSPS) is 14.9. The Morgan fingerprint density at radius 3 is 2.37 bits per heavy atom. The molecule has 0 unspecified atom stereocenters. The zero-order valence-corrected chi connectivity index (χ0v) is 11.7. The fourth-order valence-corrected chi connectivity index (χ4v) is 2.70. The maximum Gasteiger partial charge on any atom is 0.338 e. The molecule has 1 aromatic rings. The highest BCUT2D eigenvalue weighted by Gasteiger charge is 2.27. The third-order valence-electron chi connectivity index (χ3n) is 4.16. The number of esters is 1. The molecule has 2 rings (SSSR count). The lowest BCUT2D eigenvalue weighted by Gasteiger charge is -2.30. The average molecular weight is 260 g/mol. The first-order chi connectivity index (χ1) is 8.97. The van der Waals surface area contributed by atoms with Gasteiger partial charge in [0.2, 0.25) is 0 Å². The van der Waals surface area contributed by atoms with E-state index in [-0.39, 0.29) is 11.8 Å². The first-order valence-corrected chi connectivity index (χ1v) is 6.54. The number of rotatable bonds is 3. The number of nitrogen functional groups attached to an aromatic ring is 1. The third kappa shape index (κ3) is 2.23. The van der Waals surface area contributed by atoms with Crippen LogP contribution in [0.4, 0.5) is 0 Å². The number of hydrogen-bond acceptors (Lipinski definition) is 3. The van der Waals surface area contributed by atoms with E-state index in [1.54, 1.807) is 6.07 Å². The van der Waals surface area contributed by atoms with E-state index in [9.17, 15) is 4.79 Å². The maximum absolute atomic E-state index is 11.8. The zero-order valence-electron chi connectivity index (χ0n) is 11.7. The van der Waals surface area contributed by atoms with Gasteiger partial charge in [0, 0.05) is 5.56 Å². The Balaban J connectivity index is 2.64. The van der Waals surface area contributed by atoms with Crippen LogP contribution in [0.15, 0.2) is 6.07 Å². The number of amidine groups is 1. The average Bonchev–Trinajstić information content (AvgIpc) is 2.31. The summed E-state index contributed by atoms with van der Waals surface area (Å²) in [6.07, 6.45) is 3.50. The van der Waals surface area contributed by atoms with Gasteiger partial charge >= 0.3 is 5.97 Å². The van der Waals surface area contributed by atoms with E-state index in [0.29, 0.717) is 17.0 Å². The fraction of sp³-hybridized carbons (Fsp3) is 0.467. The molecule has 1 saturated carbocycles. The van der Waals surface area contributed by atoms with Gasteiger partial charge in [-0.25, -0.2) is 4.79 Å². The zero-order chi connectivity index (χ0) is 14.2. The summed E-state index contributed by atoms with van der Waals surface area (Å²) >= 11 is 0. The fourth-order valence-electron chi connectivity index (χ4n) is 2.70. The number of carbonyl (C=O) groups excluding carboxylic acids is 1. The standard InChI is InChI=1S/C15H20N2O2/c1-8-9(2)13(10-5-4-6-10)12(14(16)17)7-11(8)15(18)19-3/h7,10H,4-6H2,1-3H3,(H3,16,17). The summed E-state index contributed by atoms with van der Waals surface area (Å²) in [4.78, 5) is 11.8. The molecule has 102 valence electrons. The second kappa shape index (κ2) is 5.03. The summed E-state index contributed by atoms with van der Waals surface area (Å²) < 4.78 is 4.80. The minimum Gasteiger partial charge on any atom is -0.465 e. The summed E-state index contributed by atoms with van der Waals surface area (Å²) in [6.45, 7) is 3.93. The van der Waals surface area contributed by atoms with Crippen LogP contribution in [0.2, 0.25) is 0 Å². The van der Waals surface area contributed by atoms with Crippen LogP contribution in [-0.4, -0.2) is 18.9 Å². The lowest BCUT2D eigenvalue weighted by Crippen LogP contribution is -2.22. The predicted molar refractivity (Wildman–Crippen MR) is 74.9 cm³/mol. The van der Waals surface area contributed by atoms with Crippen molar-refractivity contribution in [2.45, 2.75) is 39.0 Å². The van der Waals surface area contributed by atoms with Crippen LogP contribution in [0.3, 0.4) is 0 Å². The molecule has 1 aliphatic carbocycles. The number of hydrogen-bond donors (Lipinski definition) is 2. The van der Waals surface area contributed by atoms with Gasteiger partial charge in [-0.05, 0) is 55.4 Å². The van der Waals surface area contributed by atoms with Crippen LogP contribution < -0.4 is 5.73 Å². The van der Waals surface area contributed by atoms with Crippen molar-refractivity contribution in [3.8, 4) is 0 Å². The largest absolute Gasteiger partial charge is 0.465 e. The molecule has 1 aromatic carbocycles. The highest BCUT2D eigenvalue weighted by Crippen LogP contribution is 2.41. The molecule has 0 atom stereocenters. The molecular formula is C15H20N2O2. The van der Waals surface area contributed by atoms with Crippen LogP contribution in [0.5, 0.6) is 0 Å². The number of benzene rings is 1. The molecule has 0 heterocycles. The van der Waals surface area contributed by atoms with Crippen molar-refractivity contribution in [2.24, 2.45) is 5.73 Å². The first kappa shape index (κ1) is 13.6. The van der Waals surface area contributed by atoms with E-state index in [1.807, 2.05) is 13.8 Å². The number of nitrogens with one attached hydrogen (secondary N) is 1. The number of carbonyl (C=O) groups is 1. The molecule has 0 aromatic heterocycles. The van der Waals surface area contributed by atoms with E-state index < -0.39 is 0 Å². The summed E-state index contributed by atoms with van der Waals surface area (Å²) in [5, 5.41) is 7.76.